The lowest BCUT2D eigenvalue weighted by Gasteiger charge is -2.31. The van der Waals surface area contributed by atoms with Crippen LogP contribution in [0.3, 0.4) is 0 Å². The van der Waals surface area contributed by atoms with Gasteiger partial charge in [0.05, 0.1) is 0 Å². The quantitative estimate of drug-likeness (QED) is 0.409. The molecule has 1 unspecified atom stereocenters. The molecule has 2 heterocycles. The number of hydrogen-bond donors (Lipinski definition) is 4. The first kappa shape index (κ1) is 17.7. The number of aromatic nitrogens is 1. The highest BCUT2D eigenvalue weighted by Gasteiger charge is 2.29. The maximum absolute atomic E-state index is 8.74. The van der Waals surface area contributed by atoms with E-state index in [1.54, 1.807) is 0 Å². The van der Waals surface area contributed by atoms with Gasteiger partial charge in [0.15, 0.2) is 0 Å². The normalized spacial score (nSPS) is 19.3. The van der Waals surface area contributed by atoms with Crippen molar-refractivity contribution < 1.29 is 23.0 Å². The van der Waals surface area contributed by atoms with Gasteiger partial charge in [-0.05, 0) is 43.0 Å². The highest BCUT2D eigenvalue weighted by atomic mass is 32.3. The van der Waals surface area contributed by atoms with Gasteiger partial charge >= 0.3 is 10.4 Å². The molecule has 23 heavy (non-hydrogen) atoms. The second kappa shape index (κ2) is 6.46. The molecule has 0 bridgehead atoms. The molecule has 2 aromatic rings. The predicted molar refractivity (Wildman–Crippen MR) is 87.8 cm³/mol. The van der Waals surface area contributed by atoms with E-state index in [1.165, 1.54) is 41.4 Å². The lowest BCUT2D eigenvalue weighted by Crippen LogP contribution is -2.35. The largest absolute Gasteiger partial charge is 0.412 e. The third-order valence-corrected chi connectivity index (χ3v) is 4.21. The average molecular weight is 343 g/mol. The molecule has 0 saturated heterocycles. The summed E-state index contributed by atoms with van der Waals surface area (Å²) in [5.41, 5.74) is 11.3. The van der Waals surface area contributed by atoms with Crippen LogP contribution in [-0.4, -0.2) is 34.1 Å². The Kier molecular flexibility index (Phi) is 4.97. The molecule has 0 saturated carbocycles. The van der Waals surface area contributed by atoms with E-state index in [0.29, 0.717) is 6.04 Å². The minimum Gasteiger partial charge on any atom is -0.412 e. The van der Waals surface area contributed by atoms with Crippen LogP contribution in [0.15, 0.2) is 18.2 Å². The van der Waals surface area contributed by atoms with E-state index in [9.17, 15) is 0 Å². The molecule has 4 rings (SSSR count). The van der Waals surface area contributed by atoms with Crippen molar-refractivity contribution in [3.63, 3.8) is 0 Å². The Labute approximate surface area is 134 Å². The third kappa shape index (κ3) is 3.65. The summed E-state index contributed by atoms with van der Waals surface area (Å²) in [5.74, 6) is 0. The van der Waals surface area contributed by atoms with Crippen molar-refractivity contribution >= 4 is 27.0 Å². The molecular formula is C14H21N3O5S. The minimum absolute atomic E-state index is 0. The number of rotatable bonds is 0. The molecule has 0 amide bonds. The summed E-state index contributed by atoms with van der Waals surface area (Å²) >= 11 is 0. The topological polar surface area (TPSA) is 149 Å². The van der Waals surface area contributed by atoms with E-state index in [-0.39, 0.29) is 5.48 Å². The molecule has 1 aliphatic heterocycles. The van der Waals surface area contributed by atoms with Gasteiger partial charge in [0.1, 0.15) is 0 Å². The van der Waals surface area contributed by atoms with Gasteiger partial charge < -0.3 is 21.1 Å². The number of nitrogens with two attached hydrogens (primary N) is 1. The monoisotopic (exact) mass is 343 g/mol. The van der Waals surface area contributed by atoms with Crippen molar-refractivity contribution in [1.29, 1.82) is 0 Å². The number of anilines is 1. The standard InChI is InChI=1S/C14H17N3.H2O4S.H2O/c15-9-4-5-13-11(8-9)10-2-1-3-12-14(10)17(13)7-6-16-12;1-5(2,3)4;/h4-5,8,12,16H,1-3,6-7,15H2;(H2,1,2,3,4);1H2. The van der Waals surface area contributed by atoms with Crippen molar-refractivity contribution in [3.05, 3.63) is 29.5 Å². The predicted octanol–water partition coefficient (Wildman–Crippen LogP) is 0.727. The number of aryl methyl sites for hydroxylation is 1. The lowest BCUT2D eigenvalue weighted by atomic mass is 9.91. The summed E-state index contributed by atoms with van der Waals surface area (Å²) in [6, 6.07) is 6.93. The van der Waals surface area contributed by atoms with E-state index in [1.807, 2.05) is 6.07 Å². The van der Waals surface area contributed by atoms with Gasteiger partial charge in [-0.1, -0.05) is 0 Å². The molecule has 1 atom stereocenters. The summed E-state index contributed by atoms with van der Waals surface area (Å²) in [6.07, 6.45) is 3.78. The number of hydrogen-bond acceptors (Lipinski definition) is 4. The first-order valence-electron chi connectivity index (χ1n) is 7.18. The maximum Gasteiger partial charge on any atom is 0.394 e. The Balaban J connectivity index is 0.000000284. The van der Waals surface area contributed by atoms with Crippen LogP contribution in [0.5, 0.6) is 0 Å². The molecule has 0 fully saturated rings. The molecule has 0 spiro atoms. The van der Waals surface area contributed by atoms with E-state index >= 15 is 0 Å². The summed E-state index contributed by atoms with van der Waals surface area (Å²) in [5, 5.41) is 5.02. The Morgan fingerprint density at radius 2 is 2.00 bits per heavy atom. The fraction of sp³-hybridized carbons (Fsp3) is 0.429. The molecular weight excluding hydrogens is 322 g/mol. The van der Waals surface area contributed by atoms with Gasteiger partial charge in [-0.2, -0.15) is 8.42 Å². The highest BCUT2D eigenvalue weighted by Crippen LogP contribution is 2.39. The van der Waals surface area contributed by atoms with Crippen LogP contribution >= 0.6 is 0 Å². The fourth-order valence-corrected chi connectivity index (χ4v) is 3.53. The zero-order chi connectivity index (χ0) is 15.9. The van der Waals surface area contributed by atoms with Crippen LogP contribution in [0.25, 0.3) is 10.9 Å². The van der Waals surface area contributed by atoms with Crippen molar-refractivity contribution in [3.8, 4) is 0 Å². The van der Waals surface area contributed by atoms with Gasteiger partial charge in [-0.3, -0.25) is 9.11 Å². The van der Waals surface area contributed by atoms with Crippen LogP contribution in [0.4, 0.5) is 5.69 Å². The second-order valence-electron chi connectivity index (χ2n) is 5.64. The van der Waals surface area contributed by atoms with E-state index in [4.69, 9.17) is 23.3 Å². The van der Waals surface area contributed by atoms with Gasteiger partial charge in [0, 0.05) is 41.4 Å². The van der Waals surface area contributed by atoms with E-state index in [0.717, 1.165) is 18.8 Å². The van der Waals surface area contributed by atoms with Crippen LogP contribution in [0.1, 0.15) is 30.1 Å². The number of nitrogens with one attached hydrogen (secondary N) is 1. The first-order chi connectivity index (χ1) is 10.3. The molecule has 2 aliphatic rings. The molecule has 0 radical (unpaired) electrons. The smallest absolute Gasteiger partial charge is 0.394 e. The maximum atomic E-state index is 8.74. The van der Waals surface area contributed by atoms with Crippen LogP contribution in [-0.2, 0) is 23.4 Å². The van der Waals surface area contributed by atoms with Crippen LogP contribution < -0.4 is 11.1 Å². The summed E-state index contributed by atoms with van der Waals surface area (Å²) in [6.45, 7) is 2.18. The molecule has 9 heteroatoms. The Bertz CT molecular complexity index is 805. The molecule has 7 N–H and O–H groups in total. The van der Waals surface area contributed by atoms with Gasteiger partial charge in [-0.15, -0.1) is 0 Å². The fourth-order valence-electron chi connectivity index (χ4n) is 3.53. The number of benzene rings is 1. The van der Waals surface area contributed by atoms with Gasteiger partial charge in [0.2, 0.25) is 0 Å². The molecule has 1 aromatic heterocycles. The summed E-state index contributed by atoms with van der Waals surface area (Å²) in [7, 11) is -4.67. The highest BCUT2D eigenvalue weighted by molar-refractivity contribution is 7.79. The van der Waals surface area contributed by atoms with Gasteiger partial charge in [0.25, 0.3) is 0 Å². The zero-order valence-electron chi connectivity index (χ0n) is 12.5. The number of nitrogen functional groups attached to an aromatic ring is 1. The van der Waals surface area contributed by atoms with Crippen molar-refractivity contribution in [1.82, 2.24) is 9.88 Å². The Morgan fingerprint density at radius 1 is 1.30 bits per heavy atom. The third-order valence-electron chi connectivity index (χ3n) is 4.21. The second-order valence-corrected chi connectivity index (χ2v) is 6.53. The minimum atomic E-state index is -4.67. The van der Waals surface area contributed by atoms with Crippen LogP contribution in [0, 0.1) is 0 Å². The van der Waals surface area contributed by atoms with E-state index in [2.05, 4.69) is 22.0 Å². The van der Waals surface area contributed by atoms with Crippen molar-refractivity contribution in [2.45, 2.75) is 31.8 Å². The van der Waals surface area contributed by atoms with Gasteiger partial charge in [-0.25, -0.2) is 0 Å². The zero-order valence-corrected chi connectivity index (χ0v) is 13.3. The van der Waals surface area contributed by atoms with Crippen molar-refractivity contribution in [2.24, 2.45) is 0 Å². The van der Waals surface area contributed by atoms with E-state index < -0.39 is 10.4 Å². The molecule has 8 nitrogen and oxygen atoms in total. The average Bonchev–Trinajstić information content (AvgIpc) is 2.74. The molecule has 1 aromatic carbocycles. The number of nitrogens with zero attached hydrogens (tertiary/aromatic N) is 1. The summed E-state index contributed by atoms with van der Waals surface area (Å²) < 4.78 is 34.1. The lowest BCUT2D eigenvalue weighted by molar-refractivity contribution is 0.381. The Hall–Kier alpha value is -1.65. The van der Waals surface area contributed by atoms with Crippen LogP contribution in [0.2, 0.25) is 0 Å². The molecule has 128 valence electrons. The first-order valence-corrected chi connectivity index (χ1v) is 8.58. The Morgan fingerprint density at radius 3 is 2.70 bits per heavy atom. The van der Waals surface area contributed by atoms with Crippen molar-refractivity contribution in [2.75, 3.05) is 12.3 Å². The summed E-state index contributed by atoms with van der Waals surface area (Å²) in [4.78, 5) is 0. The molecule has 1 aliphatic carbocycles. The SMILES string of the molecule is Nc1ccc2c(c1)c1c3n2CCNC3CCC1.O.O=S(=O)(O)O. The number of fused-ring (bicyclic) bond motifs is 3.